The molecule has 0 aliphatic heterocycles. The predicted octanol–water partition coefficient (Wildman–Crippen LogP) is 3.78. The van der Waals surface area contributed by atoms with Crippen LogP contribution in [0.2, 0.25) is 0 Å². The molecule has 3 rings (SSSR count). The van der Waals surface area contributed by atoms with E-state index in [0.717, 1.165) is 22.4 Å². The summed E-state index contributed by atoms with van der Waals surface area (Å²) in [6, 6.07) is 10.9. The van der Waals surface area contributed by atoms with E-state index < -0.39 is 24.8 Å². The number of hydrogen-bond acceptors (Lipinski definition) is 5. The highest BCUT2D eigenvalue weighted by molar-refractivity contribution is 6.11. The third-order valence-corrected chi connectivity index (χ3v) is 4.96. The van der Waals surface area contributed by atoms with E-state index >= 15 is 0 Å². The van der Waals surface area contributed by atoms with Crippen molar-refractivity contribution in [2.45, 2.75) is 25.4 Å². The molecule has 32 heavy (non-hydrogen) atoms. The number of allylic oxidation sites excluding steroid dienone is 1. The number of hydrogen-bond donors (Lipinski definition) is 2. The molecule has 6 nitrogen and oxygen atoms in total. The normalized spacial score (nSPS) is 13.0. The van der Waals surface area contributed by atoms with Crippen LogP contribution >= 0.6 is 0 Å². The lowest BCUT2D eigenvalue weighted by atomic mass is 10.0. The SMILES string of the molecule is CN=CC(=C(N)CN)c1ccn2c(-c3cccc(CC(=O)CCC(F)(F)F)c3)cnc2c1. The number of carbonyl (C=O) groups excluding carboxylic acids is 1. The second-order valence-electron chi connectivity index (χ2n) is 7.35. The number of carbonyl (C=O) groups is 1. The summed E-state index contributed by atoms with van der Waals surface area (Å²) in [5, 5.41) is 0. The van der Waals surface area contributed by atoms with Crippen molar-refractivity contribution in [3.63, 3.8) is 0 Å². The number of ketones is 1. The number of imidazole rings is 1. The summed E-state index contributed by atoms with van der Waals surface area (Å²) >= 11 is 0. The first-order valence-electron chi connectivity index (χ1n) is 9.98. The van der Waals surface area contributed by atoms with Gasteiger partial charge in [-0.1, -0.05) is 18.2 Å². The smallest absolute Gasteiger partial charge is 0.389 e. The summed E-state index contributed by atoms with van der Waals surface area (Å²) in [5.41, 5.74) is 16.7. The Bertz CT molecular complexity index is 1180. The van der Waals surface area contributed by atoms with Crippen LogP contribution in [0.1, 0.15) is 24.0 Å². The number of nitrogens with zero attached hydrogens (tertiary/aromatic N) is 3. The van der Waals surface area contributed by atoms with Crippen molar-refractivity contribution in [3.8, 4) is 11.3 Å². The van der Waals surface area contributed by atoms with Crippen LogP contribution in [-0.4, -0.2) is 41.2 Å². The van der Waals surface area contributed by atoms with Gasteiger partial charge in [-0.3, -0.25) is 14.2 Å². The highest BCUT2D eigenvalue weighted by atomic mass is 19.4. The van der Waals surface area contributed by atoms with Crippen molar-refractivity contribution in [2.24, 2.45) is 16.5 Å². The van der Waals surface area contributed by atoms with Crippen molar-refractivity contribution < 1.29 is 18.0 Å². The van der Waals surface area contributed by atoms with Gasteiger partial charge in [0.1, 0.15) is 11.4 Å². The van der Waals surface area contributed by atoms with Gasteiger partial charge in [-0.25, -0.2) is 4.98 Å². The monoisotopic (exact) mass is 443 g/mol. The van der Waals surface area contributed by atoms with E-state index in [1.807, 2.05) is 28.8 Å². The molecule has 2 heterocycles. The van der Waals surface area contributed by atoms with E-state index in [9.17, 15) is 18.0 Å². The van der Waals surface area contributed by atoms with Gasteiger partial charge in [-0.2, -0.15) is 13.2 Å². The molecular formula is C23H24F3N5O. The van der Waals surface area contributed by atoms with Crippen molar-refractivity contribution in [3.05, 3.63) is 65.6 Å². The average Bonchev–Trinajstić information content (AvgIpc) is 3.18. The van der Waals surface area contributed by atoms with Crippen molar-refractivity contribution in [1.29, 1.82) is 0 Å². The van der Waals surface area contributed by atoms with Gasteiger partial charge in [0.05, 0.1) is 18.3 Å². The first kappa shape index (κ1) is 23.2. The minimum Gasteiger partial charge on any atom is -0.400 e. The molecule has 0 saturated heterocycles. The lowest BCUT2D eigenvalue weighted by Crippen LogP contribution is -2.14. The van der Waals surface area contributed by atoms with Gasteiger partial charge in [-0.05, 0) is 29.3 Å². The van der Waals surface area contributed by atoms with Crippen LogP contribution in [0.3, 0.4) is 0 Å². The Labute approximate surface area is 183 Å². The molecule has 168 valence electrons. The van der Waals surface area contributed by atoms with Gasteiger partial charge >= 0.3 is 6.18 Å². The Balaban J connectivity index is 1.88. The minimum absolute atomic E-state index is 0.0479. The number of alkyl halides is 3. The summed E-state index contributed by atoms with van der Waals surface area (Å²) in [7, 11) is 1.65. The summed E-state index contributed by atoms with van der Waals surface area (Å²) in [5.74, 6) is -0.448. The van der Waals surface area contributed by atoms with Crippen LogP contribution in [-0.2, 0) is 11.2 Å². The van der Waals surface area contributed by atoms with Gasteiger partial charge in [0, 0.05) is 55.7 Å². The molecule has 0 spiro atoms. The summed E-state index contributed by atoms with van der Waals surface area (Å²) in [4.78, 5) is 20.5. The zero-order chi connectivity index (χ0) is 23.3. The van der Waals surface area contributed by atoms with Crippen LogP contribution in [0.4, 0.5) is 13.2 Å². The van der Waals surface area contributed by atoms with E-state index in [0.29, 0.717) is 16.9 Å². The van der Waals surface area contributed by atoms with Gasteiger partial charge in [0.25, 0.3) is 0 Å². The standard InChI is InChI=1S/C23H24F3N5O/c1-29-13-19(20(28)12-27)16-6-8-31-21(14-30-22(31)11-16)17-4-2-3-15(9-17)10-18(32)5-7-23(24,25)26/h2-4,6,8-9,11,13-14H,5,7,10,12,27-28H2,1H3. The maximum absolute atomic E-state index is 12.4. The number of fused-ring (bicyclic) bond motifs is 1. The number of aromatic nitrogens is 2. The molecule has 0 atom stereocenters. The zero-order valence-electron chi connectivity index (χ0n) is 17.6. The van der Waals surface area contributed by atoms with Crippen LogP contribution in [0, 0.1) is 0 Å². The fourth-order valence-electron chi connectivity index (χ4n) is 3.38. The van der Waals surface area contributed by atoms with E-state index in [-0.39, 0.29) is 13.0 Å². The molecule has 9 heteroatoms. The van der Waals surface area contributed by atoms with Gasteiger partial charge in [0.2, 0.25) is 0 Å². The highest BCUT2D eigenvalue weighted by Gasteiger charge is 2.27. The lowest BCUT2D eigenvalue weighted by Gasteiger charge is -2.09. The Morgan fingerprint density at radius 1 is 1.25 bits per heavy atom. The fraction of sp³-hybridized carbons (Fsp3) is 0.261. The number of pyridine rings is 1. The number of aliphatic imine (C=N–C) groups is 1. The van der Waals surface area contributed by atoms with Crippen molar-refractivity contribution in [1.82, 2.24) is 9.38 Å². The minimum atomic E-state index is -4.33. The van der Waals surface area contributed by atoms with E-state index in [1.54, 1.807) is 37.7 Å². The van der Waals surface area contributed by atoms with Crippen LogP contribution in [0.25, 0.3) is 22.5 Å². The number of Topliss-reactive ketones (excluding diaryl/α,β-unsaturated/α-hetero) is 1. The number of rotatable bonds is 8. The molecule has 4 N–H and O–H groups in total. The van der Waals surface area contributed by atoms with E-state index in [2.05, 4.69) is 9.98 Å². The summed E-state index contributed by atoms with van der Waals surface area (Å²) < 4.78 is 38.9. The number of nitrogens with two attached hydrogens (primary N) is 2. The molecule has 0 unspecified atom stereocenters. The van der Waals surface area contributed by atoms with Crippen LogP contribution < -0.4 is 11.5 Å². The van der Waals surface area contributed by atoms with Gasteiger partial charge in [-0.15, -0.1) is 0 Å². The molecule has 0 bridgehead atoms. The molecule has 3 aromatic rings. The second-order valence-corrected chi connectivity index (χ2v) is 7.35. The summed E-state index contributed by atoms with van der Waals surface area (Å²) in [6.07, 6.45) is -0.802. The third kappa shape index (κ3) is 5.61. The molecule has 1 aromatic carbocycles. The Kier molecular flexibility index (Phi) is 7.09. The zero-order valence-corrected chi connectivity index (χ0v) is 17.6. The Hall–Kier alpha value is -3.46. The van der Waals surface area contributed by atoms with Gasteiger partial charge in [0.15, 0.2) is 0 Å². The maximum atomic E-state index is 12.4. The Morgan fingerprint density at radius 2 is 2.03 bits per heavy atom. The van der Waals surface area contributed by atoms with Crippen LogP contribution in [0.15, 0.2) is 59.5 Å². The maximum Gasteiger partial charge on any atom is 0.389 e. The third-order valence-electron chi connectivity index (χ3n) is 4.96. The molecule has 0 amide bonds. The van der Waals surface area contributed by atoms with Crippen molar-refractivity contribution in [2.75, 3.05) is 13.6 Å². The van der Waals surface area contributed by atoms with E-state index in [4.69, 9.17) is 11.5 Å². The first-order valence-corrected chi connectivity index (χ1v) is 9.98. The second kappa shape index (κ2) is 9.78. The summed E-state index contributed by atoms with van der Waals surface area (Å²) in [6.45, 7) is 0.195. The molecule has 0 saturated carbocycles. The molecule has 0 aliphatic rings. The number of halogens is 3. The van der Waals surface area contributed by atoms with E-state index in [1.165, 1.54) is 0 Å². The molecular weight excluding hydrogens is 419 g/mol. The molecule has 0 fully saturated rings. The largest absolute Gasteiger partial charge is 0.400 e. The number of benzene rings is 1. The van der Waals surface area contributed by atoms with Crippen molar-refractivity contribution >= 4 is 23.2 Å². The highest BCUT2D eigenvalue weighted by Crippen LogP contribution is 2.25. The molecule has 0 radical (unpaired) electrons. The van der Waals surface area contributed by atoms with Crippen LogP contribution in [0.5, 0.6) is 0 Å². The van der Waals surface area contributed by atoms with Gasteiger partial charge < -0.3 is 11.5 Å². The predicted molar refractivity (Wildman–Crippen MR) is 119 cm³/mol. The Morgan fingerprint density at radius 3 is 2.72 bits per heavy atom. The fourth-order valence-corrected chi connectivity index (χ4v) is 3.38. The molecule has 0 aliphatic carbocycles. The first-order chi connectivity index (χ1) is 15.2. The molecule has 2 aromatic heterocycles. The topological polar surface area (TPSA) is 98.8 Å². The average molecular weight is 443 g/mol. The lowest BCUT2D eigenvalue weighted by molar-refractivity contribution is -0.143. The quantitative estimate of drug-likeness (QED) is 0.518.